The number of hydrogen-bond donors (Lipinski definition) is 0. The second-order valence-corrected chi connectivity index (χ2v) is 6.36. The Morgan fingerprint density at radius 3 is 2.23 bits per heavy atom. The molecular weight excluding hydrogens is 292 g/mol. The van der Waals surface area contributed by atoms with Gasteiger partial charge in [0, 0.05) is 5.57 Å². The van der Waals surface area contributed by atoms with E-state index < -0.39 is 0 Å². The molecule has 0 atom stereocenters. The van der Waals surface area contributed by atoms with E-state index in [0.717, 1.165) is 41.1 Å². The lowest BCUT2D eigenvalue weighted by Crippen LogP contribution is -2.13. The van der Waals surface area contributed by atoms with Crippen molar-refractivity contribution in [1.29, 1.82) is 0 Å². The number of ether oxygens (including phenoxy) is 1. The minimum Gasteiger partial charge on any atom is -0.423 e. The lowest BCUT2D eigenvalue weighted by Gasteiger charge is -2.12. The molecule has 3 heteroatoms. The van der Waals surface area contributed by atoms with Gasteiger partial charge in [0.2, 0.25) is 0 Å². The second-order valence-electron chi connectivity index (χ2n) is 5.14. The summed E-state index contributed by atoms with van der Waals surface area (Å²) in [5.74, 6) is 2.40. The molecule has 2 nitrogen and oxygen atoms in total. The Hall–Kier alpha value is -2.00. The number of thioether (sulfide) groups is 1. The Bertz CT molecular complexity index is 662. The molecule has 1 heterocycles. The molecule has 0 unspecified atom stereocenters. The van der Waals surface area contributed by atoms with E-state index >= 15 is 0 Å². The first-order chi connectivity index (χ1) is 10.8. The number of allylic oxidation sites excluding steroid dienone is 1. The molecule has 22 heavy (non-hydrogen) atoms. The fourth-order valence-electron chi connectivity index (χ4n) is 2.59. The van der Waals surface area contributed by atoms with E-state index in [1.807, 2.05) is 60.3 Å². The van der Waals surface area contributed by atoms with Crippen molar-refractivity contribution in [2.75, 3.05) is 11.5 Å². The van der Waals surface area contributed by atoms with Gasteiger partial charge >= 0.3 is 5.97 Å². The van der Waals surface area contributed by atoms with Gasteiger partial charge in [-0.05, 0) is 47.6 Å². The normalized spacial score (nSPS) is 15.3. The van der Waals surface area contributed by atoms with Gasteiger partial charge in [0.15, 0.2) is 0 Å². The van der Waals surface area contributed by atoms with Gasteiger partial charge in [0.25, 0.3) is 0 Å². The van der Waals surface area contributed by atoms with Crippen LogP contribution in [-0.2, 0) is 4.79 Å². The second kappa shape index (κ2) is 7.32. The van der Waals surface area contributed by atoms with Gasteiger partial charge in [-0.3, -0.25) is 0 Å². The molecule has 0 saturated carbocycles. The van der Waals surface area contributed by atoms with Gasteiger partial charge < -0.3 is 4.74 Å². The highest BCUT2D eigenvalue weighted by atomic mass is 32.2. The predicted octanol–water partition coefficient (Wildman–Crippen LogP) is 4.57. The lowest BCUT2D eigenvalue weighted by molar-refractivity contribution is -0.130. The van der Waals surface area contributed by atoms with E-state index in [1.54, 1.807) is 0 Å². The zero-order chi connectivity index (χ0) is 15.2. The molecule has 0 bridgehead atoms. The van der Waals surface area contributed by atoms with Crippen LogP contribution in [-0.4, -0.2) is 17.5 Å². The molecule has 0 spiro atoms. The number of carbonyl (C=O) groups excluding carboxylic acids is 1. The molecule has 0 saturated heterocycles. The fourth-order valence-corrected chi connectivity index (χ4v) is 3.49. The maximum atomic E-state index is 12.6. The Labute approximate surface area is 135 Å². The van der Waals surface area contributed by atoms with Gasteiger partial charge in [-0.15, -0.1) is 0 Å². The molecule has 0 aliphatic carbocycles. The highest BCUT2D eigenvalue weighted by molar-refractivity contribution is 7.99. The van der Waals surface area contributed by atoms with Crippen LogP contribution >= 0.6 is 11.8 Å². The first-order valence-corrected chi connectivity index (χ1v) is 8.62. The van der Waals surface area contributed by atoms with Crippen LogP contribution in [0.15, 0.2) is 66.2 Å². The minimum atomic E-state index is -0.215. The molecule has 1 aliphatic heterocycles. The number of para-hydroxylation sites is 1. The molecule has 0 N–H and O–H groups in total. The Morgan fingerprint density at radius 2 is 1.50 bits per heavy atom. The number of hydrogen-bond acceptors (Lipinski definition) is 3. The van der Waals surface area contributed by atoms with Crippen molar-refractivity contribution in [2.45, 2.75) is 12.8 Å². The van der Waals surface area contributed by atoms with E-state index in [1.165, 1.54) is 0 Å². The summed E-state index contributed by atoms with van der Waals surface area (Å²) in [6.45, 7) is 0. The van der Waals surface area contributed by atoms with Crippen molar-refractivity contribution in [3.8, 4) is 5.75 Å². The number of rotatable bonds is 3. The van der Waals surface area contributed by atoms with Crippen molar-refractivity contribution < 1.29 is 9.53 Å². The van der Waals surface area contributed by atoms with E-state index in [9.17, 15) is 4.79 Å². The van der Waals surface area contributed by atoms with Gasteiger partial charge in [-0.1, -0.05) is 48.5 Å². The van der Waals surface area contributed by atoms with Crippen molar-refractivity contribution in [3.05, 3.63) is 71.8 Å². The summed E-state index contributed by atoms with van der Waals surface area (Å²) in [5.41, 5.74) is 3.08. The zero-order valence-electron chi connectivity index (χ0n) is 12.3. The summed E-state index contributed by atoms with van der Waals surface area (Å²) in [7, 11) is 0. The lowest BCUT2D eigenvalue weighted by atomic mass is 9.96. The van der Waals surface area contributed by atoms with Gasteiger partial charge in [0.05, 0.1) is 0 Å². The largest absolute Gasteiger partial charge is 0.423 e. The minimum absolute atomic E-state index is 0.215. The van der Waals surface area contributed by atoms with Gasteiger partial charge in [0.1, 0.15) is 5.75 Å². The molecule has 0 aromatic heterocycles. The number of esters is 1. The third-order valence-electron chi connectivity index (χ3n) is 3.68. The fraction of sp³-hybridized carbons (Fsp3) is 0.211. The van der Waals surface area contributed by atoms with Crippen LogP contribution in [0, 0.1) is 0 Å². The summed E-state index contributed by atoms with van der Waals surface area (Å²) >= 11 is 1.89. The van der Waals surface area contributed by atoms with Crippen LogP contribution in [0.5, 0.6) is 5.75 Å². The van der Waals surface area contributed by atoms with E-state index in [4.69, 9.17) is 4.74 Å². The maximum Gasteiger partial charge on any atom is 0.339 e. The van der Waals surface area contributed by atoms with Crippen LogP contribution < -0.4 is 4.74 Å². The van der Waals surface area contributed by atoms with E-state index in [0.29, 0.717) is 5.75 Å². The molecule has 2 aromatic carbocycles. The van der Waals surface area contributed by atoms with Crippen LogP contribution in [0.1, 0.15) is 18.4 Å². The first-order valence-electron chi connectivity index (χ1n) is 7.47. The van der Waals surface area contributed by atoms with Crippen LogP contribution in [0.3, 0.4) is 0 Å². The maximum absolute atomic E-state index is 12.6. The van der Waals surface area contributed by atoms with E-state index in [-0.39, 0.29) is 5.97 Å². The Kier molecular flexibility index (Phi) is 4.96. The summed E-state index contributed by atoms with van der Waals surface area (Å²) in [4.78, 5) is 12.6. The third kappa shape index (κ3) is 3.60. The Balaban J connectivity index is 1.92. The standard InChI is InChI=1S/C19H18O2S/c20-19(21-16-9-5-2-6-10-16)18-12-14-22-13-11-17(18)15-7-3-1-4-8-15/h1-10H,11-14H2. The zero-order valence-corrected chi connectivity index (χ0v) is 13.1. The van der Waals surface area contributed by atoms with Crippen LogP contribution in [0.2, 0.25) is 0 Å². The summed E-state index contributed by atoms with van der Waals surface area (Å²) in [6.07, 6.45) is 1.68. The monoisotopic (exact) mass is 310 g/mol. The molecule has 0 amide bonds. The average molecular weight is 310 g/mol. The van der Waals surface area contributed by atoms with Crippen molar-refractivity contribution in [3.63, 3.8) is 0 Å². The SMILES string of the molecule is O=C(Oc1ccccc1)C1=C(c2ccccc2)CCSCC1. The quantitative estimate of drug-likeness (QED) is 0.613. The molecule has 3 rings (SSSR count). The average Bonchev–Trinajstić information content (AvgIpc) is 2.82. The smallest absolute Gasteiger partial charge is 0.339 e. The predicted molar refractivity (Wildman–Crippen MR) is 92.0 cm³/mol. The molecular formula is C19H18O2S. The molecule has 0 radical (unpaired) electrons. The number of benzene rings is 2. The van der Waals surface area contributed by atoms with Crippen molar-refractivity contribution >= 4 is 23.3 Å². The van der Waals surface area contributed by atoms with E-state index in [2.05, 4.69) is 12.1 Å². The third-order valence-corrected chi connectivity index (χ3v) is 4.67. The number of carbonyl (C=O) groups is 1. The van der Waals surface area contributed by atoms with Crippen molar-refractivity contribution in [1.82, 2.24) is 0 Å². The van der Waals surface area contributed by atoms with Crippen LogP contribution in [0.25, 0.3) is 5.57 Å². The first kappa shape index (κ1) is 14.9. The van der Waals surface area contributed by atoms with Gasteiger partial charge in [-0.2, -0.15) is 11.8 Å². The summed E-state index contributed by atoms with van der Waals surface area (Å²) in [6, 6.07) is 19.4. The molecule has 0 fully saturated rings. The topological polar surface area (TPSA) is 26.3 Å². The molecule has 1 aliphatic rings. The highest BCUT2D eigenvalue weighted by Crippen LogP contribution is 2.31. The summed E-state index contributed by atoms with van der Waals surface area (Å²) < 4.78 is 5.56. The summed E-state index contributed by atoms with van der Waals surface area (Å²) in [5, 5.41) is 0. The highest BCUT2D eigenvalue weighted by Gasteiger charge is 2.21. The Morgan fingerprint density at radius 1 is 0.864 bits per heavy atom. The van der Waals surface area contributed by atoms with Gasteiger partial charge in [-0.25, -0.2) is 4.79 Å². The van der Waals surface area contributed by atoms with Crippen LogP contribution in [0.4, 0.5) is 0 Å². The van der Waals surface area contributed by atoms with Crippen molar-refractivity contribution in [2.24, 2.45) is 0 Å². The molecule has 2 aromatic rings. The molecule has 112 valence electrons.